The van der Waals surface area contributed by atoms with Crippen LogP contribution in [-0.2, 0) is 0 Å². The van der Waals surface area contributed by atoms with Crippen LogP contribution in [0.4, 0.5) is 16.0 Å². The molecule has 0 atom stereocenters. The fourth-order valence-electron chi connectivity index (χ4n) is 1.32. The van der Waals surface area contributed by atoms with Crippen molar-refractivity contribution in [3.05, 3.63) is 36.4 Å². The van der Waals surface area contributed by atoms with Gasteiger partial charge in [0.2, 0.25) is 5.95 Å². The van der Waals surface area contributed by atoms with Gasteiger partial charge in [-0.25, -0.2) is 9.97 Å². The lowest BCUT2D eigenvalue weighted by molar-refractivity contribution is 0.586. The van der Waals surface area contributed by atoms with Crippen LogP contribution in [0.3, 0.4) is 0 Å². The predicted octanol–water partition coefficient (Wildman–Crippen LogP) is 1.45. The molecule has 0 fully saturated rings. The highest BCUT2D eigenvalue weighted by Gasteiger charge is 2.08. The Balaban J connectivity index is 2.60. The van der Waals surface area contributed by atoms with Crippen LogP contribution in [0.5, 0.6) is 0 Å². The summed E-state index contributed by atoms with van der Waals surface area (Å²) in [5.41, 5.74) is 12.5. The summed E-state index contributed by atoms with van der Waals surface area (Å²) >= 11 is 0. The molecular formula is C10H9FN4. The maximum Gasteiger partial charge on any atom is 0.214 e. The summed E-state index contributed by atoms with van der Waals surface area (Å²) in [7, 11) is 0. The third-order valence-electron chi connectivity index (χ3n) is 2.02. The number of pyridine rings is 2. The first-order valence-corrected chi connectivity index (χ1v) is 4.31. The number of nitrogens with zero attached hydrogens (tertiary/aromatic N) is 2. The zero-order valence-corrected chi connectivity index (χ0v) is 7.81. The predicted molar refractivity (Wildman–Crippen MR) is 56.3 cm³/mol. The number of nitrogen functional groups attached to an aromatic ring is 2. The molecule has 5 heteroatoms. The fraction of sp³-hybridized carbons (Fsp3) is 0. The maximum atomic E-state index is 12.7. The van der Waals surface area contributed by atoms with E-state index in [4.69, 9.17) is 11.5 Å². The van der Waals surface area contributed by atoms with E-state index in [1.807, 2.05) is 0 Å². The quantitative estimate of drug-likeness (QED) is 0.689. The average molecular weight is 204 g/mol. The SMILES string of the molecule is Nc1ncccc1-c1ccc(F)nc1N. The lowest BCUT2D eigenvalue weighted by atomic mass is 10.1. The standard InChI is InChI=1S/C10H9FN4/c11-8-4-3-7(10(13)15-8)6-2-1-5-14-9(6)12/h1-5H,(H2,12,14)(H2,13,15). The summed E-state index contributed by atoms with van der Waals surface area (Å²) in [4.78, 5) is 7.44. The fourth-order valence-corrected chi connectivity index (χ4v) is 1.32. The smallest absolute Gasteiger partial charge is 0.214 e. The summed E-state index contributed by atoms with van der Waals surface area (Å²) in [5.74, 6) is -0.161. The van der Waals surface area contributed by atoms with Gasteiger partial charge in [-0.2, -0.15) is 4.39 Å². The van der Waals surface area contributed by atoms with Crippen molar-refractivity contribution >= 4 is 11.6 Å². The van der Waals surface area contributed by atoms with Crippen LogP contribution in [-0.4, -0.2) is 9.97 Å². The minimum atomic E-state index is -0.612. The highest BCUT2D eigenvalue weighted by molar-refractivity contribution is 5.80. The van der Waals surface area contributed by atoms with Crippen molar-refractivity contribution in [3.63, 3.8) is 0 Å². The summed E-state index contributed by atoms with van der Waals surface area (Å²) in [6, 6.07) is 6.26. The Morgan fingerprint density at radius 3 is 2.40 bits per heavy atom. The first-order chi connectivity index (χ1) is 7.18. The zero-order valence-electron chi connectivity index (χ0n) is 7.81. The van der Waals surface area contributed by atoms with E-state index in [-0.39, 0.29) is 5.82 Å². The molecule has 0 aliphatic carbocycles. The van der Waals surface area contributed by atoms with Crippen LogP contribution < -0.4 is 11.5 Å². The molecule has 2 heterocycles. The number of halogens is 1. The van der Waals surface area contributed by atoms with Crippen LogP contribution in [0.2, 0.25) is 0 Å². The number of hydrogen-bond donors (Lipinski definition) is 2. The van der Waals surface area contributed by atoms with E-state index in [1.54, 1.807) is 18.3 Å². The highest BCUT2D eigenvalue weighted by Crippen LogP contribution is 2.27. The second-order valence-electron chi connectivity index (χ2n) is 3.00. The molecule has 0 spiro atoms. The Bertz CT molecular complexity index is 499. The van der Waals surface area contributed by atoms with Crippen molar-refractivity contribution in [2.24, 2.45) is 0 Å². The largest absolute Gasteiger partial charge is 0.383 e. The van der Waals surface area contributed by atoms with Gasteiger partial charge in [0.25, 0.3) is 0 Å². The van der Waals surface area contributed by atoms with Crippen LogP contribution >= 0.6 is 0 Å². The van der Waals surface area contributed by atoms with Gasteiger partial charge in [-0.1, -0.05) is 0 Å². The van der Waals surface area contributed by atoms with E-state index < -0.39 is 5.95 Å². The number of nitrogens with two attached hydrogens (primary N) is 2. The lowest BCUT2D eigenvalue weighted by Gasteiger charge is -2.06. The Labute approximate surface area is 85.8 Å². The summed E-state index contributed by atoms with van der Waals surface area (Å²) in [6.07, 6.45) is 1.58. The first-order valence-electron chi connectivity index (χ1n) is 4.31. The third kappa shape index (κ3) is 1.71. The van der Waals surface area contributed by atoms with Gasteiger partial charge in [0.05, 0.1) is 0 Å². The second kappa shape index (κ2) is 3.53. The molecule has 0 bridgehead atoms. The second-order valence-corrected chi connectivity index (χ2v) is 3.00. The molecular weight excluding hydrogens is 195 g/mol. The van der Waals surface area contributed by atoms with Crippen LogP contribution in [0.15, 0.2) is 30.5 Å². The normalized spacial score (nSPS) is 10.2. The highest BCUT2D eigenvalue weighted by atomic mass is 19.1. The summed E-state index contributed by atoms with van der Waals surface area (Å²) in [5, 5.41) is 0. The first kappa shape index (κ1) is 9.39. The van der Waals surface area contributed by atoms with Gasteiger partial charge in [-0.15, -0.1) is 0 Å². The van der Waals surface area contributed by atoms with Crippen molar-refractivity contribution in [1.82, 2.24) is 9.97 Å². The molecule has 4 nitrogen and oxygen atoms in total. The van der Waals surface area contributed by atoms with Gasteiger partial charge < -0.3 is 11.5 Å². The van der Waals surface area contributed by atoms with Gasteiger partial charge >= 0.3 is 0 Å². The van der Waals surface area contributed by atoms with Crippen LogP contribution in [0.1, 0.15) is 0 Å². The Morgan fingerprint density at radius 1 is 1.00 bits per heavy atom. The number of aromatic nitrogens is 2. The Hall–Kier alpha value is -2.17. The van der Waals surface area contributed by atoms with Gasteiger partial charge in [-0.3, -0.25) is 0 Å². The van der Waals surface area contributed by atoms with E-state index in [1.165, 1.54) is 12.1 Å². The molecule has 2 aromatic rings. The molecule has 0 amide bonds. The zero-order chi connectivity index (χ0) is 10.8. The van der Waals surface area contributed by atoms with Gasteiger partial charge in [0.15, 0.2) is 0 Å². The number of rotatable bonds is 1. The molecule has 0 radical (unpaired) electrons. The molecule has 0 saturated carbocycles. The van der Waals surface area contributed by atoms with E-state index >= 15 is 0 Å². The molecule has 0 saturated heterocycles. The van der Waals surface area contributed by atoms with Crippen molar-refractivity contribution in [1.29, 1.82) is 0 Å². The Kier molecular flexibility index (Phi) is 2.21. The molecule has 0 aromatic carbocycles. The topological polar surface area (TPSA) is 77.8 Å². The van der Waals surface area contributed by atoms with Gasteiger partial charge in [-0.05, 0) is 24.3 Å². The van der Waals surface area contributed by atoms with E-state index in [2.05, 4.69) is 9.97 Å². The van der Waals surface area contributed by atoms with Crippen molar-refractivity contribution in [2.45, 2.75) is 0 Å². The van der Waals surface area contributed by atoms with Crippen LogP contribution in [0.25, 0.3) is 11.1 Å². The minimum absolute atomic E-state index is 0.106. The molecule has 2 aromatic heterocycles. The van der Waals surface area contributed by atoms with E-state index in [9.17, 15) is 4.39 Å². The van der Waals surface area contributed by atoms with Gasteiger partial charge in [0.1, 0.15) is 11.6 Å². The molecule has 4 N–H and O–H groups in total. The average Bonchev–Trinajstić information content (AvgIpc) is 2.20. The molecule has 15 heavy (non-hydrogen) atoms. The molecule has 2 rings (SSSR count). The lowest BCUT2D eigenvalue weighted by Crippen LogP contribution is -1.99. The Morgan fingerprint density at radius 2 is 1.73 bits per heavy atom. The number of anilines is 2. The van der Waals surface area contributed by atoms with Gasteiger partial charge in [0, 0.05) is 17.3 Å². The monoisotopic (exact) mass is 204 g/mol. The molecule has 0 aliphatic rings. The number of hydrogen-bond acceptors (Lipinski definition) is 4. The van der Waals surface area contributed by atoms with Crippen molar-refractivity contribution in [3.8, 4) is 11.1 Å². The van der Waals surface area contributed by atoms with Crippen molar-refractivity contribution < 1.29 is 4.39 Å². The molecule has 0 unspecified atom stereocenters. The summed E-state index contributed by atoms with van der Waals surface area (Å²) < 4.78 is 12.7. The third-order valence-corrected chi connectivity index (χ3v) is 2.02. The molecule has 76 valence electrons. The minimum Gasteiger partial charge on any atom is -0.383 e. The van der Waals surface area contributed by atoms with Crippen molar-refractivity contribution in [2.75, 3.05) is 11.5 Å². The van der Waals surface area contributed by atoms with E-state index in [0.717, 1.165) is 0 Å². The summed E-state index contributed by atoms with van der Waals surface area (Å²) in [6.45, 7) is 0. The van der Waals surface area contributed by atoms with E-state index in [0.29, 0.717) is 16.9 Å². The molecule has 0 aliphatic heterocycles. The van der Waals surface area contributed by atoms with Crippen LogP contribution in [0, 0.1) is 5.95 Å². The maximum absolute atomic E-state index is 12.7.